The van der Waals surface area contributed by atoms with Gasteiger partial charge in [0.25, 0.3) is 0 Å². The van der Waals surface area contributed by atoms with Gasteiger partial charge < -0.3 is 54.8 Å². The van der Waals surface area contributed by atoms with Crippen molar-refractivity contribution in [1.29, 1.82) is 0 Å². The molecule has 6 heterocycles. The molecule has 2 aromatic heterocycles. The highest BCUT2D eigenvalue weighted by molar-refractivity contribution is 8.26. The van der Waals surface area contributed by atoms with E-state index in [-0.39, 0.29) is 76.7 Å². The largest absolute Gasteiger partial charge is 0.481 e. The average molecular weight is 1600 g/mol. The number of ketones is 3. The predicted molar refractivity (Wildman–Crippen MR) is 422 cm³/mol. The van der Waals surface area contributed by atoms with Gasteiger partial charge in [0.05, 0.1) is 41.2 Å². The summed E-state index contributed by atoms with van der Waals surface area (Å²) in [5.41, 5.74) is 3.86. The fraction of sp³-hybridized carbons (Fsp3) is 0.635. The number of allylic oxidation sites excluding steroid dienone is 2. The Kier molecular flexibility index (Phi) is 45.4. The number of aliphatic hydroxyl groups excluding tert-OH is 1. The molecular formula is C74H123Cl4N11O16S. The molecule has 27 nitrogen and oxygen atoms in total. The molecule has 4 aliphatic rings. The smallest absolute Gasteiger partial charge is 0.410 e. The third-order valence-corrected chi connectivity index (χ3v) is 17.2. The van der Waals surface area contributed by atoms with Crippen molar-refractivity contribution in [1.82, 2.24) is 40.0 Å². The van der Waals surface area contributed by atoms with E-state index in [0.717, 1.165) is 54.0 Å². The highest BCUT2D eigenvalue weighted by atomic mass is 36.0. The number of ether oxygens (including phenoxy) is 3. The first kappa shape index (κ1) is 103. The topological polar surface area (TPSA) is 405 Å². The van der Waals surface area contributed by atoms with Gasteiger partial charge in [-0.3, -0.25) is 45.9 Å². The van der Waals surface area contributed by atoms with E-state index in [1.807, 2.05) is 58.6 Å². The Labute approximate surface area is 650 Å². The van der Waals surface area contributed by atoms with Gasteiger partial charge in [-0.15, -0.1) is 19.7 Å². The first-order chi connectivity index (χ1) is 48.1. The molecule has 106 heavy (non-hydrogen) atoms. The third-order valence-electron chi connectivity index (χ3n) is 16.5. The molecule has 1 aromatic carbocycles. The number of carbonyl (C=O) groups excluding carboxylic acids is 8. The number of carbonyl (C=O) groups is 9. The van der Waals surface area contributed by atoms with Gasteiger partial charge in [-0.05, 0) is 153 Å². The summed E-state index contributed by atoms with van der Waals surface area (Å²) >= 11 is 11.1. The van der Waals surface area contributed by atoms with E-state index < -0.39 is 60.3 Å². The molecule has 11 N–H and O–H groups in total. The molecule has 0 radical (unpaired) electrons. The number of amides is 5. The predicted octanol–water partition coefficient (Wildman–Crippen LogP) is 14.2. The Morgan fingerprint density at radius 2 is 0.972 bits per heavy atom. The van der Waals surface area contributed by atoms with E-state index in [9.17, 15) is 43.2 Å². The molecule has 1 atom stereocenters. The zero-order valence-corrected chi connectivity index (χ0v) is 70.4. The highest BCUT2D eigenvalue weighted by Gasteiger charge is 2.42. The lowest BCUT2D eigenvalue weighted by Crippen LogP contribution is -2.50. The number of likely N-dealkylation sites (tertiary alicyclic amines) is 2. The number of benzene rings is 1. The number of nitrogens with zero attached hydrogens (tertiary/aromatic N) is 6. The number of aliphatic carboxylic acids is 1. The van der Waals surface area contributed by atoms with Crippen LogP contribution in [0.25, 0.3) is 0 Å². The number of aromatic amines is 2. The number of aliphatic hydroxyl groups is 1. The molecule has 4 aliphatic heterocycles. The van der Waals surface area contributed by atoms with Crippen LogP contribution in [0.5, 0.6) is 0 Å². The molecule has 2 saturated heterocycles. The summed E-state index contributed by atoms with van der Waals surface area (Å²) in [7, 11) is 7.36. The lowest BCUT2D eigenvalue weighted by Gasteiger charge is -2.35. The summed E-state index contributed by atoms with van der Waals surface area (Å²) < 4.78 is 25.0. The second kappa shape index (κ2) is 46.6. The summed E-state index contributed by atoms with van der Waals surface area (Å²) in [6.45, 7) is 56.0. The van der Waals surface area contributed by atoms with Crippen LogP contribution in [-0.2, 0) is 84.2 Å². The number of carboxylic acid groups (broad SMARTS) is 1. The number of halogens is 4. The van der Waals surface area contributed by atoms with Crippen LogP contribution in [-0.4, -0.2) is 175 Å². The zero-order chi connectivity index (χ0) is 82.2. The number of anilines is 1. The standard InChI is InChI=1S/C18H23ClN4O.C16H27N3O2.C16H25NO4.C10H17NO3.C6H9ClO.C6H10O2.C2H6O.Cl2OS.H4N2.H2O/c1-4-18(2,3)16-14-11-23(9-8-15(14)21-22-16)17(24)20-13-7-5-6-12(19)10-13;1-7-16(5,6)13-11-10-19(9-8-12(11)17-18-13)14(20)21-15(2,3)4;1-7-16(5,6)13(19)11-10-17(9-8-12(11)18)14(20)21-15(2,3)4;1-10(2,3)14-9(13)11-6-4-8(12)5-7-11;2*1-4-6(2,3)5(7)8;1-2-3;1-4(2)3;1-2;/h5-7,10H,4,8-9,11H2,1-3H3,(H,20,24)(H,21,22);7-10H2,1-6H3,(H,17,18);7,11H,1,8-10H2,2-6H3;4-7H2,1-3H3;4H,1H2,2-3H3;4H,1H2,2-3H3,(H,7,8);3H,2H2,1H3;;1-2H2;1H2. The summed E-state index contributed by atoms with van der Waals surface area (Å²) in [6, 6.07) is 7.09. The number of piperidine rings is 2. The summed E-state index contributed by atoms with van der Waals surface area (Å²) in [5, 5.41) is 34.4. The van der Waals surface area contributed by atoms with Crippen molar-refractivity contribution < 1.29 is 77.3 Å². The SMILES string of the molecule is C=CC(C)(C)C(=O)C1CN(C(=O)OC(C)(C)C)CCC1=O.C=CC(C)(C)C(=O)Cl.C=CC(C)(C)C(=O)O.CC(C)(C)OC(=O)N1CCC(=O)CC1.CCC(C)(C)c1n[nH]c2c1CN(C(=O)Nc1cccc(Cl)c1)CC2.CCC(C)(C)c1n[nH]c2c1CN(C(=O)OC(C)(C)C)CC2.CCO.NN.O.O=S(Cl)Cl. The van der Waals surface area contributed by atoms with E-state index >= 15 is 0 Å². The van der Waals surface area contributed by atoms with Gasteiger partial charge >= 0.3 is 30.3 Å². The van der Waals surface area contributed by atoms with Crippen LogP contribution in [0.3, 0.4) is 0 Å². The number of nitrogens with two attached hydrogens (primary N) is 2. The fourth-order valence-electron chi connectivity index (χ4n) is 9.01. The third kappa shape index (κ3) is 37.9. The Hall–Kier alpha value is -6.76. The summed E-state index contributed by atoms with van der Waals surface area (Å²) in [5.74, 6) is 6.28. The molecule has 0 spiro atoms. The van der Waals surface area contributed by atoms with Gasteiger partial charge in [0, 0.05) is 149 Å². The lowest BCUT2D eigenvalue weighted by atomic mass is 9.78. The Morgan fingerprint density at radius 1 is 0.613 bits per heavy atom. The number of hydrogen-bond acceptors (Lipinski definition) is 18. The second-order valence-electron chi connectivity index (χ2n) is 30.7. The van der Waals surface area contributed by atoms with Gasteiger partial charge in [-0.1, -0.05) is 77.4 Å². The van der Waals surface area contributed by atoms with Crippen LogP contribution in [0.4, 0.5) is 24.9 Å². The summed E-state index contributed by atoms with van der Waals surface area (Å²) in [4.78, 5) is 111. The lowest BCUT2D eigenvalue weighted by molar-refractivity contribution is -0.144. The number of hydrogen-bond donors (Lipinski definition) is 7. The Morgan fingerprint density at radius 3 is 1.31 bits per heavy atom. The number of fused-ring (bicyclic) bond motifs is 2. The number of nitrogens with one attached hydrogen (secondary N) is 3. The van der Waals surface area contributed by atoms with Gasteiger partial charge in [-0.2, -0.15) is 10.2 Å². The number of hydrazine groups is 1. The van der Waals surface area contributed by atoms with E-state index in [0.29, 0.717) is 69.4 Å². The van der Waals surface area contributed by atoms with Gasteiger partial charge in [-0.25, -0.2) is 23.4 Å². The average Bonchev–Trinajstić information content (AvgIpc) is 1.63. The van der Waals surface area contributed by atoms with Crippen LogP contribution in [0.2, 0.25) is 5.02 Å². The van der Waals surface area contributed by atoms with Crippen LogP contribution in [0.15, 0.2) is 62.2 Å². The number of rotatable bonds is 12. The molecule has 1 unspecified atom stereocenters. The highest BCUT2D eigenvalue weighted by Crippen LogP contribution is 2.35. The van der Waals surface area contributed by atoms with E-state index in [2.05, 4.69) is 120 Å². The van der Waals surface area contributed by atoms with Crippen LogP contribution >= 0.6 is 44.6 Å². The van der Waals surface area contributed by atoms with E-state index in [1.165, 1.54) is 28.7 Å². The first-order valence-electron chi connectivity index (χ1n) is 34.6. The molecule has 604 valence electrons. The minimum absolute atomic E-state index is 0. The Bertz CT molecular complexity index is 3340. The van der Waals surface area contributed by atoms with Crippen LogP contribution in [0, 0.1) is 22.2 Å². The fourth-order valence-corrected chi connectivity index (χ4v) is 9.27. The first-order valence-corrected chi connectivity index (χ1v) is 38.1. The number of Topliss-reactive ketones (excluding diaryl/α,β-unsaturated/α-hetero) is 3. The van der Waals surface area contributed by atoms with Crippen molar-refractivity contribution in [2.75, 3.05) is 51.2 Å². The molecule has 0 saturated carbocycles. The minimum Gasteiger partial charge on any atom is -0.481 e. The maximum absolute atomic E-state index is 12.6. The van der Waals surface area contributed by atoms with Crippen LogP contribution in [0.1, 0.15) is 218 Å². The van der Waals surface area contributed by atoms with Crippen molar-refractivity contribution >= 4 is 112 Å². The van der Waals surface area contributed by atoms with E-state index in [1.54, 1.807) is 91.2 Å². The quantitative estimate of drug-likeness (QED) is 0.0221. The van der Waals surface area contributed by atoms with E-state index in [4.69, 9.17) is 51.8 Å². The molecule has 7 rings (SSSR count). The van der Waals surface area contributed by atoms with Crippen molar-refractivity contribution in [2.24, 2.45) is 33.8 Å². The number of H-pyrrole nitrogens is 2. The Balaban J connectivity index is -0.00000121. The minimum atomic E-state index is -1.67. The van der Waals surface area contributed by atoms with Crippen molar-refractivity contribution in [2.45, 2.75) is 238 Å². The molecule has 3 aromatic rings. The van der Waals surface area contributed by atoms with Gasteiger partial charge in [0.1, 0.15) is 28.4 Å². The number of carboxylic acids is 1. The maximum Gasteiger partial charge on any atom is 0.410 e. The normalized spacial score (nSPS) is 15.0. The van der Waals surface area contributed by atoms with Gasteiger partial charge in [0.15, 0.2) is 5.78 Å². The van der Waals surface area contributed by atoms with Crippen molar-refractivity contribution in [3.63, 3.8) is 0 Å². The maximum atomic E-state index is 12.6. The number of aromatic nitrogens is 4. The zero-order valence-electron chi connectivity index (χ0n) is 66.5. The molecule has 0 aliphatic carbocycles. The van der Waals surface area contributed by atoms with Crippen molar-refractivity contribution in [3.05, 3.63) is 101 Å². The van der Waals surface area contributed by atoms with Crippen LogP contribution < -0.4 is 17.0 Å². The second-order valence-corrected chi connectivity index (χ2v) is 34.0. The molecule has 32 heteroatoms. The van der Waals surface area contributed by atoms with Gasteiger partial charge in [0.2, 0.25) is 14.5 Å². The monoisotopic (exact) mass is 1590 g/mol. The number of urea groups is 1. The van der Waals surface area contributed by atoms with Crippen molar-refractivity contribution in [3.8, 4) is 0 Å². The molecular weight excluding hydrogens is 1470 g/mol. The summed E-state index contributed by atoms with van der Waals surface area (Å²) in [6.07, 6.45) is 8.15. The molecule has 2 fully saturated rings. The molecule has 5 amide bonds. The molecule has 0 bridgehead atoms.